The summed E-state index contributed by atoms with van der Waals surface area (Å²) >= 11 is 6.28. The molecule has 2 N–H and O–H groups in total. The Hall–Kier alpha value is -0.610. The van der Waals surface area contributed by atoms with Gasteiger partial charge in [0, 0.05) is 31.3 Å². The summed E-state index contributed by atoms with van der Waals surface area (Å²) in [7, 11) is 1.73. The highest BCUT2D eigenvalue weighted by molar-refractivity contribution is 6.31. The van der Waals surface area contributed by atoms with Gasteiger partial charge in [0.2, 0.25) is 0 Å². The number of rotatable bonds is 7. The molecule has 0 heterocycles. The van der Waals surface area contributed by atoms with Gasteiger partial charge < -0.3 is 10.5 Å². The zero-order chi connectivity index (χ0) is 13.5. The van der Waals surface area contributed by atoms with Crippen LogP contribution in [0.15, 0.2) is 18.2 Å². The molecule has 0 saturated heterocycles. The van der Waals surface area contributed by atoms with Crippen LogP contribution in [0.4, 0.5) is 0 Å². The zero-order valence-corrected chi connectivity index (χ0v) is 12.2. The van der Waals surface area contributed by atoms with Crippen LogP contribution in [0.25, 0.3) is 0 Å². The van der Waals surface area contributed by atoms with E-state index in [4.69, 9.17) is 22.1 Å². The highest BCUT2D eigenvalue weighted by Gasteiger charge is 2.13. The summed E-state index contributed by atoms with van der Waals surface area (Å²) in [4.78, 5) is 2.34. The molecule has 0 amide bonds. The summed E-state index contributed by atoms with van der Waals surface area (Å²) in [5.74, 6) is 0. The molecule has 0 aromatic heterocycles. The fraction of sp³-hybridized carbons (Fsp3) is 0.571. The molecule has 1 aromatic rings. The van der Waals surface area contributed by atoms with E-state index in [0.717, 1.165) is 35.8 Å². The second-order valence-corrected chi connectivity index (χ2v) is 4.90. The van der Waals surface area contributed by atoms with Crippen LogP contribution in [0.2, 0.25) is 5.02 Å². The number of nitrogens with two attached hydrogens (primary N) is 1. The Balaban J connectivity index is 2.75. The van der Waals surface area contributed by atoms with E-state index >= 15 is 0 Å². The molecule has 0 spiro atoms. The minimum absolute atomic E-state index is 0.380. The van der Waals surface area contributed by atoms with Gasteiger partial charge >= 0.3 is 0 Å². The van der Waals surface area contributed by atoms with Crippen LogP contribution in [0, 0.1) is 0 Å². The normalized spacial score (nSPS) is 13.0. The smallest absolute Gasteiger partial charge is 0.0615 e. The third kappa shape index (κ3) is 4.25. The van der Waals surface area contributed by atoms with Gasteiger partial charge in [-0.2, -0.15) is 0 Å². The number of likely N-dealkylation sites (N-methyl/N-ethyl adjacent to an activating group) is 1. The second-order valence-electron chi connectivity index (χ2n) is 4.50. The SMILES string of the molecule is CCN(Cc1ccc(CN)cc1Cl)C(C)COC. The van der Waals surface area contributed by atoms with E-state index in [1.807, 2.05) is 12.1 Å². The molecule has 0 saturated carbocycles. The number of hydrogen-bond donors (Lipinski definition) is 1. The Morgan fingerprint density at radius 2 is 2.17 bits per heavy atom. The number of ether oxygens (including phenoxy) is 1. The van der Waals surface area contributed by atoms with Crippen molar-refractivity contribution in [2.45, 2.75) is 33.0 Å². The van der Waals surface area contributed by atoms with Gasteiger partial charge in [-0.3, -0.25) is 4.90 Å². The van der Waals surface area contributed by atoms with E-state index in [0.29, 0.717) is 12.6 Å². The van der Waals surface area contributed by atoms with Crippen molar-refractivity contribution in [2.24, 2.45) is 5.73 Å². The predicted octanol–water partition coefficient (Wildman–Crippen LogP) is 2.66. The Labute approximate surface area is 115 Å². The lowest BCUT2D eigenvalue weighted by Crippen LogP contribution is -2.35. The third-order valence-electron chi connectivity index (χ3n) is 3.16. The average molecular weight is 271 g/mol. The number of halogens is 1. The van der Waals surface area contributed by atoms with Crippen molar-refractivity contribution >= 4 is 11.6 Å². The maximum absolute atomic E-state index is 6.28. The highest BCUT2D eigenvalue weighted by Crippen LogP contribution is 2.20. The lowest BCUT2D eigenvalue weighted by molar-refractivity contribution is 0.0982. The fourth-order valence-corrected chi connectivity index (χ4v) is 2.25. The van der Waals surface area contributed by atoms with E-state index in [9.17, 15) is 0 Å². The van der Waals surface area contributed by atoms with Gasteiger partial charge in [0.25, 0.3) is 0 Å². The molecule has 3 nitrogen and oxygen atoms in total. The Morgan fingerprint density at radius 1 is 1.44 bits per heavy atom. The standard InChI is InChI=1S/C14H23ClN2O/c1-4-17(11(2)10-18-3)9-13-6-5-12(8-16)7-14(13)15/h5-7,11H,4,8-10,16H2,1-3H3. The average Bonchev–Trinajstić information content (AvgIpc) is 2.37. The molecule has 0 bridgehead atoms. The molecule has 18 heavy (non-hydrogen) atoms. The summed E-state index contributed by atoms with van der Waals surface area (Å²) in [5.41, 5.74) is 7.80. The Kier molecular flexibility index (Phi) is 6.65. The third-order valence-corrected chi connectivity index (χ3v) is 3.52. The minimum atomic E-state index is 0.380. The van der Waals surface area contributed by atoms with Crippen molar-refractivity contribution < 1.29 is 4.74 Å². The summed E-state index contributed by atoms with van der Waals surface area (Å²) in [6.45, 7) is 7.37. The Bertz CT molecular complexity index is 371. The molecule has 1 atom stereocenters. The molecule has 102 valence electrons. The number of hydrogen-bond acceptors (Lipinski definition) is 3. The summed E-state index contributed by atoms with van der Waals surface area (Å²) in [5, 5.41) is 0.793. The second kappa shape index (κ2) is 7.74. The first kappa shape index (κ1) is 15.4. The molecule has 1 unspecified atom stereocenters. The summed E-state index contributed by atoms with van der Waals surface area (Å²) in [6, 6.07) is 6.43. The fourth-order valence-electron chi connectivity index (χ4n) is 1.99. The number of nitrogens with zero attached hydrogens (tertiary/aromatic N) is 1. The van der Waals surface area contributed by atoms with Crippen molar-refractivity contribution in [2.75, 3.05) is 20.3 Å². The van der Waals surface area contributed by atoms with E-state index in [-0.39, 0.29) is 0 Å². The van der Waals surface area contributed by atoms with Gasteiger partial charge in [-0.15, -0.1) is 0 Å². The van der Waals surface area contributed by atoms with Crippen molar-refractivity contribution in [1.82, 2.24) is 4.90 Å². The zero-order valence-electron chi connectivity index (χ0n) is 11.4. The molecule has 0 fully saturated rings. The molecular formula is C14H23ClN2O. The number of methoxy groups -OCH3 is 1. The molecule has 1 rings (SSSR count). The highest BCUT2D eigenvalue weighted by atomic mass is 35.5. The van der Waals surface area contributed by atoms with Gasteiger partial charge in [0.05, 0.1) is 6.61 Å². The molecule has 0 radical (unpaired) electrons. The number of benzene rings is 1. The molecule has 4 heteroatoms. The van der Waals surface area contributed by atoms with Gasteiger partial charge in [-0.05, 0) is 30.7 Å². The van der Waals surface area contributed by atoms with Gasteiger partial charge in [0.1, 0.15) is 0 Å². The summed E-state index contributed by atoms with van der Waals surface area (Å²) < 4.78 is 5.20. The lowest BCUT2D eigenvalue weighted by atomic mass is 10.1. The maximum Gasteiger partial charge on any atom is 0.0615 e. The quantitative estimate of drug-likeness (QED) is 0.828. The first-order chi connectivity index (χ1) is 8.62. The van der Waals surface area contributed by atoms with Gasteiger partial charge in [-0.1, -0.05) is 30.7 Å². The topological polar surface area (TPSA) is 38.5 Å². The van der Waals surface area contributed by atoms with E-state index in [1.54, 1.807) is 7.11 Å². The maximum atomic E-state index is 6.28. The van der Waals surface area contributed by atoms with Crippen molar-refractivity contribution in [3.8, 4) is 0 Å². The van der Waals surface area contributed by atoms with Crippen LogP contribution in [0.5, 0.6) is 0 Å². The first-order valence-corrected chi connectivity index (χ1v) is 6.70. The van der Waals surface area contributed by atoms with Crippen LogP contribution in [-0.2, 0) is 17.8 Å². The van der Waals surface area contributed by atoms with Crippen LogP contribution >= 0.6 is 11.6 Å². The summed E-state index contributed by atoms with van der Waals surface area (Å²) in [6.07, 6.45) is 0. The Morgan fingerprint density at radius 3 is 2.67 bits per heavy atom. The van der Waals surface area contributed by atoms with Crippen LogP contribution in [0.1, 0.15) is 25.0 Å². The van der Waals surface area contributed by atoms with Crippen LogP contribution in [-0.4, -0.2) is 31.2 Å². The van der Waals surface area contributed by atoms with E-state index < -0.39 is 0 Å². The largest absolute Gasteiger partial charge is 0.383 e. The van der Waals surface area contributed by atoms with E-state index in [2.05, 4.69) is 24.8 Å². The monoisotopic (exact) mass is 270 g/mol. The molecular weight excluding hydrogens is 248 g/mol. The van der Waals surface area contributed by atoms with Gasteiger partial charge in [0.15, 0.2) is 0 Å². The lowest BCUT2D eigenvalue weighted by Gasteiger charge is -2.27. The molecule has 0 aliphatic heterocycles. The predicted molar refractivity (Wildman–Crippen MR) is 76.8 cm³/mol. The first-order valence-electron chi connectivity index (χ1n) is 6.32. The van der Waals surface area contributed by atoms with Crippen molar-refractivity contribution in [1.29, 1.82) is 0 Å². The molecule has 1 aromatic carbocycles. The van der Waals surface area contributed by atoms with Gasteiger partial charge in [-0.25, -0.2) is 0 Å². The minimum Gasteiger partial charge on any atom is -0.383 e. The van der Waals surface area contributed by atoms with Crippen molar-refractivity contribution in [3.05, 3.63) is 34.3 Å². The van der Waals surface area contributed by atoms with E-state index in [1.165, 1.54) is 0 Å². The van der Waals surface area contributed by atoms with Crippen LogP contribution < -0.4 is 5.73 Å². The van der Waals surface area contributed by atoms with Crippen molar-refractivity contribution in [3.63, 3.8) is 0 Å². The molecule has 0 aliphatic carbocycles. The molecule has 0 aliphatic rings. The van der Waals surface area contributed by atoms with Crippen LogP contribution in [0.3, 0.4) is 0 Å².